The van der Waals surface area contributed by atoms with E-state index >= 15 is 0 Å². The van der Waals surface area contributed by atoms with Crippen molar-refractivity contribution in [2.45, 2.75) is 45.1 Å². The van der Waals surface area contributed by atoms with E-state index in [9.17, 15) is 0 Å². The number of nitrogens with zero attached hydrogens (tertiary/aromatic N) is 4. The van der Waals surface area contributed by atoms with Gasteiger partial charge >= 0.3 is 0 Å². The molecule has 7 nitrogen and oxygen atoms in total. The Balaban J connectivity index is 1.56. The molecular formula is C18H21N5O2. The summed E-state index contributed by atoms with van der Waals surface area (Å²) in [6, 6.07) is 5.66. The lowest BCUT2D eigenvalue weighted by atomic mass is 10.1. The fraction of sp³-hybridized carbons (Fsp3) is 0.500. The first-order chi connectivity index (χ1) is 12.3. The maximum absolute atomic E-state index is 8.97. The summed E-state index contributed by atoms with van der Waals surface area (Å²) >= 11 is 0. The molecule has 0 aliphatic carbocycles. The Labute approximate surface area is 146 Å². The Hall–Kier alpha value is -2.43. The minimum Gasteiger partial charge on any atom is -0.379 e. The van der Waals surface area contributed by atoms with Crippen LogP contribution in [0, 0.1) is 11.3 Å². The normalized spacial score (nSPS) is 19.9. The molecule has 0 radical (unpaired) electrons. The Kier molecular flexibility index (Phi) is 4.63. The quantitative estimate of drug-likeness (QED) is 0.921. The number of rotatable bonds is 4. The molecule has 1 saturated heterocycles. The van der Waals surface area contributed by atoms with Gasteiger partial charge in [-0.25, -0.2) is 9.67 Å². The molecule has 4 heterocycles. The van der Waals surface area contributed by atoms with Crippen LogP contribution in [0.25, 0.3) is 0 Å². The van der Waals surface area contributed by atoms with Crippen LogP contribution < -0.4 is 5.32 Å². The van der Waals surface area contributed by atoms with Gasteiger partial charge in [0.25, 0.3) is 0 Å². The van der Waals surface area contributed by atoms with E-state index in [2.05, 4.69) is 16.4 Å². The van der Waals surface area contributed by atoms with E-state index in [4.69, 9.17) is 19.8 Å². The van der Waals surface area contributed by atoms with Gasteiger partial charge in [0, 0.05) is 24.1 Å². The maximum atomic E-state index is 8.97. The number of nitriles is 1. The van der Waals surface area contributed by atoms with E-state index in [0.29, 0.717) is 18.8 Å². The van der Waals surface area contributed by atoms with Gasteiger partial charge in [0.1, 0.15) is 11.8 Å². The summed E-state index contributed by atoms with van der Waals surface area (Å²) in [6.45, 7) is 2.72. The monoisotopic (exact) mass is 339 g/mol. The average molecular weight is 339 g/mol. The molecule has 2 aromatic heterocycles. The van der Waals surface area contributed by atoms with Crippen molar-refractivity contribution in [2.75, 3.05) is 18.5 Å². The molecule has 2 aromatic rings. The second-order valence-corrected chi connectivity index (χ2v) is 6.34. The largest absolute Gasteiger partial charge is 0.379 e. The van der Waals surface area contributed by atoms with Crippen molar-refractivity contribution in [1.29, 1.82) is 5.26 Å². The molecule has 2 aliphatic rings. The van der Waals surface area contributed by atoms with Crippen molar-refractivity contribution in [3.05, 3.63) is 41.0 Å². The Morgan fingerprint density at radius 1 is 1.36 bits per heavy atom. The van der Waals surface area contributed by atoms with Crippen LogP contribution in [0.1, 0.15) is 48.1 Å². The third-order valence-electron chi connectivity index (χ3n) is 4.70. The van der Waals surface area contributed by atoms with E-state index in [0.717, 1.165) is 49.6 Å². The number of ether oxygens (including phenoxy) is 2. The van der Waals surface area contributed by atoms with Crippen molar-refractivity contribution in [3.63, 3.8) is 0 Å². The molecular weight excluding hydrogens is 318 g/mol. The van der Waals surface area contributed by atoms with Gasteiger partial charge < -0.3 is 14.8 Å². The maximum Gasteiger partial charge on any atom is 0.150 e. The number of anilines is 1. The van der Waals surface area contributed by atoms with E-state index in [1.165, 1.54) is 12.0 Å². The zero-order valence-corrected chi connectivity index (χ0v) is 14.1. The molecule has 2 aliphatic heterocycles. The van der Waals surface area contributed by atoms with E-state index in [1.54, 1.807) is 12.3 Å². The molecule has 0 bridgehead atoms. The number of aromatic nitrogens is 3. The van der Waals surface area contributed by atoms with Gasteiger partial charge in [-0.2, -0.15) is 10.4 Å². The van der Waals surface area contributed by atoms with Crippen molar-refractivity contribution in [3.8, 4) is 6.07 Å². The highest BCUT2D eigenvalue weighted by Gasteiger charge is 2.26. The lowest BCUT2D eigenvalue weighted by Crippen LogP contribution is -2.23. The Morgan fingerprint density at radius 3 is 3.16 bits per heavy atom. The SMILES string of the molecule is N#Cc1cc(NCc2nn(C3CCCCO3)c3c2CCOC3)ccn1. The average Bonchev–Trinajstić information content (AvgIpc) is 3.06. The van der Waals surface area contributed by atoms with E-state index in [1.807, 2.05) is 10.7 Å². The minimum atomic E-state index is 0.0177. The van der Waals surface area contributed by atoms with Crippen LogP contribution in [0.5, 0.6) is 0 Å². The zero-order valence-electron chi connectivity index (χ0n) is 14.1. The van der Waals surface area contributed by atoms with Gasteiger partial charge in [-0.05, 0) is 37.8 Å². The predicted octanol–water partition coefficient (Wildman–Crippen LogP) is 2.53. The van der Waals surface area contributed by atoms with Gasteiger partial charge in [0.2, 0.25) is 0 Å². The van der Waals surface area contributed by atoms with Gasteiger partial charge in [-0.1, -0.05) is 0 Å². The highest BCUT2D eigenvalue weighted by atomic mass is 16.5. The van der Waals surface area contributed by atoms with Crippen molar-refractivity contribution >= 4 is 5.69 Å². The van der Waals surface area contributed by atoms with Crippen LogP contribution in [-0.2, 0) is 29.0 Å². The highest BCUT2D eigenvalue weighted by molar-refractivity contribution is 5.46. The zero-order chi connectivity index (χ0) is 17.1. The summed E-state index contributed by atoms with van der Waals surface area (Å²) in [6.07, 6.45) is 5.81. The Bertz CT molecular complexity index is 789. The van der Waals surface area contributed by atoms with Crippen LogP contribution in [0.2, 0.25) is 0 Å². The summed E-state index contributed by atoms with van der Waals surface area (Å²) in [4.78, 5) is 3.99. The molecule has 25 heavy (non-hydrogen) atoms. The highest BCUT2D eigenvalue weighted by Crippen LogP contribution is 2.29. The summed E-state index contributed by atoms with van der Waals surface area (Å²) in [7, 11) is 0. The number of pyridine rings is 1. The molecule has 0 amide bonds. The second kappa shape index (κ2) is 7.21. The molecule has 7 heteroatoms. The van der Waals surface area contributed by atoms with Crippen LogP contribution in [-0.4, -0.2) is 28.0 Å². The van der Waals surface area contributed by atoms with Crippen molar-refractivity contribution in [1.82, 2.24) is 14.8 Å². The molecule has 130 valence electrons. The third-order valence-corrected chi connectivity index (χ3v) is 4.70. The standard InChI is InChI=1S/C18H21N5O2/c19-10-14-9-13(4-6-20-14)21-11-16-15-5-8-24-12-17(15)23(22-16)18-3-1-2-7-25-18/h4,6,9,18H,1-3,5,7-8,11-12H2,(H,20,21). The number of nitrogens with one attached hydrogen (secondary N) is 1. The topological polar surface area (TPSA) is 85.0 Å². The first-order valence-electron chi connectivity index (χ1n) is 8.73. The summed E-state index contributed by atoms with van der Waals surface area (Å²) in [5, 5.41) is 17.2. The molecule has 0 aromatic carbocycles. The molecule has 4 rings (SSSR count). The smallest absolute Gasteiger partial charge is 0.150 e. The summed E-state index contributed by atoms with van der Waals surface area (Å²) in [5.74, 6) is 0. The first kappa shape index (κ1) is 16.1. The molecule has 1 fully saturated rings. The lowest BCUT2D eigenvalue weighted by molar-refractivity contribution is -0.0449. The number of hydrogen-bond acceptors (Lipinski definition) is 6. The molecule has 0 saturated carbocycles. The molecule has 1 N–H and O–H groups in total. The van der Waals surface area contributed by atoms with Gasteiger partial charge in [-0.3, -0.25) is 0 Å². The summed E-state index contributed by atoms with van der Waals surface area (Å²) in [5.41, 5.74) is 4.71. The van der Waals surface area contributed by atoms with Crippen LogP contribution >= 0.6 is 0 Å². The third kappa shape index (κ3) is 3.36. The molecule has 0 spiro atoms. The Morgan fingerprint density at radius 2 is 2.32 bits per heavy atom. The van der Waals surface area contributed by atoms with Crippen LogP contribution in [0.3, 0.4) is 0 Å². The van der Waals surface area contributed by atoms with Crippen LogP contribution in [0.4, 0.5) is 5.69 Å². The van der Waals surface area contributed by atoms with Crippen molar-refractivity contribution < 1.29 is 9.47 Å². The predicted molar refractivity (Wildman–Crippen MR) is 90.7 cm³/mol. The second-order valence-electron chi connectivity index (χ2n) is 6.34. The van der Waals surface area contributed by atoms with Gasteiger partial charge in [0.05, 0.1) is 31.1 Å². The molecule has 1 atom stereocenters. The van der Waals surface area contributed by atoms with E-state index < -0.39 is 0 Å². The van der Waals surface area contributed by atoms with Gasteiger partial charge in [0.15, 0.2) is 6.23 Å². The van der Waals surface area contributed by atoms with Crippen LogP contribution in [0.15, 0.2) is 18.3 Å². The fourth-order valence-electron chi connectivity index (χ4n) is 3.42. The minimum absolute atomic E-state index is 0.0177. The number of fused-ring (bicyclic) bond motifs is 1. The van der Waals surface area contributed by atoms with Gasteiger partial charge in [-0.15, -0.1) is 0 Å². The lowest BCUT2D eigenvalue weighted by Gasteiger charge is -2.25. The number of hydrogen-bond donors (Lipinski definition) is 1. The first-order valence-corrected chi connectivity index (χ1v) is 8.73. The summed E-state index contributed by atoms with van der Waals surface area (Å²) < 4.78 is 13.6. The van der Waals surface area contributed by atoms with E-state index in [-0.39, 0.29) is 6.23 Å². The fourth-order valence-corrected chi connectivity index (χ4v) is 3.42. The van der Waals surface area contributed by atoms with Crippen molar-refractivity contribution in [2.24, 2.45) is 0 Å². The molecule has 1 unspecified atom stereocenters.